The van der Waals surface area contributed by atoms with Gasteiger partial charge < -0.3 is 4.74 Å². The minimum absolute atomic E-state index is 0.236. The van der Waals surface area contributed by atoms with Gasteiger partial charge in [0.05, 0.1) is 17.8 Å². The van der Waals surface area contributed by atoms with Crippen molar-refractivity contribution < 1.29 is 9.13 Å². The number of fused-ring (bicyclic) bond motifs is 1. The van der Waals surface area contributed by atoms with Crippen molar-refractivity contribution in [2.75, 3.05) is 13.7 Å². The van der Waals surface area contributed by atoms with Crippen LogP contribution in [-0.4, -0.2) is 23.3 Å². The molecular formula is C20H21FN2O. The average molecular weight is 324 g/mol. The van der Waals surface area contributed by atoms with Gasteiger partial charge in [-0.05, 0) is 35.7 Å². The fourth-order valence-electron chi connectivity index (χ4n) is 2.87. The molecule has 0 aliphatic heterocycles. The summed E-state index contributed by atoms with van der Waals surface area (Å²) in [6, 6.07) is 10.6. The summed E-state index contributed by atoms with van der Waals surface area (Å²) in [5, 5.41) is 4.77. The Balaban J connectivity index is 2.31. The van der Waals surface area contributed by atoms with Crippen LogP contribution in [0.1, 0.15) is 31.0 Å². The molecule has 4 heteroatoms. The van der Waals surface area contributed by atoms with Gasteiger partial charge in [0.25, 0.3) is 0 Å². The van der Waals surface area contributed by atoms with Crippen LogP contribution >= 0.6 is 0 Å². The predicted molar refractivity (Wildman–Crippen MR) is 95.6 cm³/mol. The minimum Gasteiger partial charge on any atom is -0.381 e. The molecule has 0 spiro atoms. The van der Waals surface area contributed by atoms with Gasteiger partial charge in [0.1, 0.15) is 5.82 Å². The van der Waals surface area contributed by atoms with Crippen molar-refractivity contribution in [2.24, 2.45) is 0 Å². The highest BCUT2D eigenvalue weighted by molar-refractivity contribution is 5.88. The third-order valence-corrected chi connectivity index (χ3v) is 3.97. The van der Waals surface area contributed by atoms with Gasteiger partial charge in [0.2, 0.25) is 0 Å². The maximum atomic E-state index is 13.4. The number of methoxy groups -OCH3 is 1. The molecule has 124 valence electrons. The molecule has 3 nitrogen and oxygen atoms in total. The van der Waals surface area contributed by atoms with Crippen molar-refractivity contribution in [2.45, 2.75) is 19.8 Å². The number of nitrogens with zero attached hydrogens (tertiary/aromatic N) is 2. The molecular weight excluding hydrogens is 303 g/mol. The smallest absolute Gasteiger partial charge is 0.123 e. The van der Waals surface area contributed by atoms with Crippen molar-refractivity contribution in [3.05, 3.63) is 65.7 Å². The van der Waals surface area contributed by atoms with Crippen molar-refractivity contribution in [1.29, 1.82) is 0 Å². The van der Waals surface area contributed by atoms with Gasteiger partial charge in [-0.3, -0.25) is 0 Å². The fourth-order valence-corrected chi connectivity index (χ4v) is 2.87. The van der Waals surface area contributed by atoms with E-state index in [0.717, 1.165) is 27.9 Å². The molecule has 0 unspecified atom stereocenters. The summed E-state index contributed by atoms with van der Waals surface area (Å²) in [7, 11) is 1.67. The summed E-state index contributed by atoms with van der Waals surface area (Å²) in [5.74, 6) is 0.0259. The van der Waals surface area contributed by atoms with Crippen LogP contribution < -0.4 is 0 Å². The summed E-state index contributed by atoms with van der Waals surface area (Å²) in [6.07, 6.45) is 5.98. The molecule has 1 aromatic carbocycles. The van der Waals surface area contributed by atoms with E-state index in [1.165, 1.54) is 12.1 Å². The summed E-state index contributed by atoms with van der Waals surface area (Å²) in [4.78, 5) is 0. The molecule has 0 saturated heterocycles. The second-order valence-electron chi connectivity index (χ2n) is 6.03. The maximum Gasteiger partial charge on any atom is 0.123 e. The van der Waals surface area contributed by atoms with Crippen molar-refractivity contribution in [3.63, 3.8) is 0 Å². The monoisotopic (exact) mass is 324 g/mol. The van der Waals surface area contributed by atoms with Crippen molar-refractivity contribution >= 4 is 11.6 Å². The van der Waals surface area contributed by atoms with Gasteiger partial charge in [-0.25, -0.2) is 8.91 Å². The highest BCUT2D eigenvalue weighted by Crippen LogP contribution is 2.34. The summed E-state index contributed by atoms with van der Waals surface area (Å²) in [5.41, 5.74) is 5.10. The van der Waals surface area contributed by atoms with E-state index in [2.05, 4.69) is 19.9 Å². The third-order valence-electron chi connectivity index (χ3n) is 3.97. The normalized spacial score (nSPS) is 11.9. The van der Waals surface area contributed by atoms with Crippen LogP contribution in [-0.2, 0) is 4.74 Å². The van der Waals surface area contributed by atoms with Gasteiger partial charge in [-0.1, -0.05) is 38.1 Å². The summed E-state index contributed by atoms with van der Waals surface area (Å²) < 4.78 is 20.4. The fraction of sp³-hybridized carbons (Fsp3) is 0.250. The number of halogens is 1. The van der Waals surface area contributed by atoms with Gasteiger partial charge in [-0.15, -0.1) is 0 Å². The summed E-state index contributed by atoms with van der Waals surface area (Å²) in [6.45, 7) is 4.78. The Bertz CT molecular complexity index is 863. The van der Waals surface area contributed by atoms with Crippen LogP contribution in [0.4, 0.5) is 4.39 Å². The van der Waals surface area contributed by atoms with Crippen LogP contribution in [0.3, 0.4) is 0 Å². The first kappa shape index (κ1) is 16.4. The van der Waals surface area contributed by atoms with E-state index in [0.29, 0.717) is 6.61 Å². The largest absolute Gasteiger partial charge is 0.381 e. The molecule has 3 aromatic rings. The lowest BCUT2D eigenvalue weighted by atomic mass is 9.94. The lowest BCUT2D eigenvalue weighted by molar-refractivity contribution is 0.234. The lowest BCUT2D eigenvalue weighted by Crippen LogP contribution is -2.05. The van der Waals surface area contributed by atoms with Crippen LogP contribution in [0.5, 0.6) is 0 Å². The van der Waals surface area contributed by atoms with E-state index in [4.69, 9.17) is 9.84 Å². The number of hydrogen-bond acceptors (Lipinski definition) is 2. The molecule has 0 bridgehead atoms. The van der Waals surface area contributed by atoms with Crippen LogP contribution in [0.15, 0.2) is 48.7 Å². The zero-order valence-corrected chi connectivity index (χ0v) is 14.2. The van der Waals surface area contributed by atoms with E-state index in [1.807, 2.05) is 41.1 Å². The third kappa shape index (κ3) is 3.10. The van der Waals surface area contributed by atoms with Crippen LogP contribution in [0.25, 0.3) is 22.7 Å². The molecule has 0 fully saturated rings. The first-order valence-electron chi connectivity index (χ1n) is 8.04. The first-order chi connectivity index (χ1) is 11.6. The molecule has 0 atom stereocenters. The second kappa shape index (κ2) is 6.97. The van der Waals surface area contributed by atoms with E-state index in [-0.39, 0.29) is 11.7 Å². The Morgan fingerprint density at radius 1 is 1.21 bits per heavy atom. The molecule has 0 aliphatic carbocycles. The molecule has 0 aliphatic rings. The zero-order chi connectivity index (χ0) is 17.1. The number of hydrogen-bond donors (Lipinski definition) is 0. The van der Waals surface area contributed by atoms with E-state index < -0.39 is 0 Å². The standard InChI is InChI=1S/C20H21FN2O/c1-14(2)20-17(6-5-13-24-3)19(15-8-10-16(21)11-9-15)18-7-4-12-23(18)22-20/h4-12,14H,13H2,1-3H3/b6-5+. The Morgan fingerprint density at radius 2 is 1.96 bits per heavy atom. The lowest BCUT2D eigenvalue weighted by Gasteiger charge is -2.16. The highest BCUT2D eigenvalue weighted by Gasteiger charge is 2.17. The topological polar surface area (TPSA) is 26.5 Å². The van der Waals surface area contributed by atoms with Crippen molar-refractivity contribution in [1.82, 2.24) is 9.61 Å². The number of benzene rings is 1. The van der Waals surface area contributed by atoms with E-state index >= 15 is 0 Å². The number of ether oxygens (including phenoxy) is 1. The first-order valence-corrected chi connectivity index (χ1v) is 8.04. The quantitative estimate of drug-likeness (QED) is 0.665. The van der Waals surface area contributed by atoms with Gasteiger partial charge in [-0.2, -0.15) is 5.10 Å². The second-order valence-corrected chi connectivity index (χ2v) is 6.03. The zero-order valence-electron chi connectivity index (χ0n) is 14.2. The van der Waals surface area contributed by atoms with Crippen LogP contribution in [0, 0.1) is 5.82 Å². The number of rotatable bonds is 5. The molecule has 24 heavy (non-hydrogen) atoms. The number of aromatic nitrogens is 2. The molecule has 0 radical (unpaired) electrons. The summed E-state index contributed by atoms with van der Waals surface area (Å²) >= 11 is 0. The maximum absolute atomic E-state index is 13.4. The Kier molecular flexibility index (Phi) is 4.76. The van der Waals surface area contributed by atoms with Gasteiger partial charge >= 0.3 is 0 Å². The Morgan fingerprint density at radius 3 is 2.62 bits per heavy atom. The SMILES string of the molecule is COC/C=C/c1c(C(C)C)nn2cccc2c1-c1ccc(F)cc1. The van der Waals surface area contributed by atoms with Gasteiger partial charge in [0, 0.05) is 24.4 Å². The van der Waals surface area contributed by atoms with Crippen LogP contribution in [0.2, 0.25) is 0 Å². The van der Waals surface area contributed by atoms with E-state index in [1.54, 1.807) is 7.11 Å². The molecule has 0 saturated carbocycles. The molecule has 2 aromatic heterocycles. The average Bonchev–Trinajstić information content (AvgIpc) is 3.03. The molecule has 0 N–H and O–H groups in total. The molecule has 2 heterocycles. The van der Waals surface area contributed by atoms with Gasteiger partial charge in [0.15, 0.2) is 0 Å². The highest BCUT2D eigenvalue weighted by atomic mass is 19.1. The Labute approximate surface area is 141 Å². The Hall–Kier alpha value is -2.46. The predicted octanol–water partition coefficient (Wildman–Crippen LogP) is 4.92. The van der Waals surface area contributed by atoms with Crippen molar-refractivity contribution in [3.8, 4) is 11.1 Å². The molecule has 0 amide bonds. The minimum atomic E-state index is -0.236. The molecule has 3 rings (SSSR count). The van der Waals surface area contributed by atoms with E-state index in [9.17, 15) is 4.39 Å².